The van der Waals surface area contributed by atoms with E-state index in [1.54, 1.807) is 0 Å². The molecule has 86 valence electrons. The molecule has 1 amide bonds. The minimum Gasteiger partial charge on any atom is -0.310 e. The molecule has 1 aliphatic rings. The van der Waals surface area contributed by atoms with Gasteiger partial charge in [0.2, 0.25) is 5.91 Å². The van der Waals surface area contributed by atoms with Crippen molar-refractivity contribution < 1.29 is 4.79 Å². The van der Waals surface area contributed by atoms with Gasteiger partial charge in [-0.05, 0) is 12.5 Å². The molecular weight excluding hydrogens is 214 g/mol. The van der Waals surface area contributed by atoms with Crippen LogP contribution in [0.2, 0.25) is 0 Å². The number of carbonyl (C=O) groups excluding carboxylic acids is 1. The van der Waals surface area contributed by atoms with Gasteiger partial charge in [0.15, 0.2) is 0 Å². The summed E-state index contributed by atoms with van der Waals surface area (Å²) in [4.78, 5) is 11.5. The number of carbonyl (C=O) groups is 1. The van der Waals surface area contributed by atoms with Crippen LogP contribution in [0.25, 0.3) is 11.1 Å². The van der Waals surface area contributed by atoms with Crippen molar-refractivity contribution >= 4 is 11.7 Å². The lowest BCUT2D eigenvalue weighted by molar-refractivity contribution is -0.116. The van der Waals surface area contributed by atoms with Crippen molar-refractivity contribution in [1.82, 2.24) is 9.78 Å². The Balaban J connectivity index is 2.17. The molecule has 1 aromatic heterocycles. The predicted octanol–water partition coefficient (Wildman–Crippen LogP) is 2.20. The van der Waals surface area contributed by atoms with Gasteiger partial charge in [-0.1, -0.05) is 30.3 Å². The lowest BCUT2D eigenvalue weighted by atomic mass is 10.1. The molecule has 4 nitrogen and oxygen atoms in total. The molecule has 0 radical (unpaired) electrons. The normalized spacial score (nSPS) is 14.3. The number of nitrogens with zero attached hydrogens (tertiary/aromatic N) is 2. The summed E-state index contributed by atoms with van der Waals surface area (Å²) in [7, 11) is 0. The second kappa shape index (κ2) is 3.73. The average Bonchev–Trinajstić information content (AvgIpc) is 2.65. The fourth-order valence-corrected chi connectivity index (χ4v) is 2.22. The molecule has 1 aromatic carbocycles. The minimum atomic E-state index is 0.0644. The van der Waals surface area contributed by atoms with E-state index in [-0.39, 0.29) is 5.91 Å². The first-order valence-electron chi connectivity index (χ1n) is 5.68. The highest BCUT2D eigenvalue weighted by atomic mass is 16.1. The first-order valence-corrected chi connectivity index (χ1v) is 5.68. The van der Waals surface area contributed by atoms with E-state index in [9.17, 15) is 4.79 Å². The summed E-state index contributed by atoms with van der Waals surface area (Å²) in [6.07, 6.45) is 0.502. The maximum atomic E-state index is 11.5. The highest BCUT2D eigenvalue weighted by molar-refractivity contribution is 5.96. The SMILES string of the molecule is Cc1nn2c(c1-c1ccccc1)NC(=O)CC2. The van der Waals surface area contributed by atoms with Gasteiger partial charge in [-0.25, -0.2) is 4.68 Å². The average molecular weight is 227 g/mol. The third-order valence-corrected chi connectivity index (χ3v) is 3.00. The van der Waals surface area contributed by atoms with Crippen LogP contribution in [0.5, 0.6) is 0 Å². The molecule has 0 bridgehead atoms. The molecule has 2 heterocycles. The number of hydrogen-bond donors (Lipinski definition) is 1. The molecule has 3 rings (SSSR count). The molecule has 0 aliphatic carbocycles. The summed E-state index contributed by atoms with van der Waals surface area (Å²) in [6, 6.07) is 10.0. The number of aryl methyl sites for hydroxylation is 2. The quantitative estimate of drug-likeness (QED) is 0.811. The number of nitrogens with one attached hydrogen (secondary N) is 1. The van der Waals surface area contributed by atoms with Crippen LogP contribution in [-0.2, 0) is 11.3 Å². The molecule has 0 saturated heterocycles. The van der Waals surface area contributed by atoms with Crippen LogP contribution in [0.1, 0.15) is 12.1 Å². The molecular formula is C13H13N3O. The van der Waals surface area contributed by atoms with Gasteiger partial charge in [0.05, 0.1) is 12.2 Å². The number of fused-ring (bicyclic) bond motifs is 1. The number of aromatic nitrogens is 2. The van der Waals surface area contributed by atoms with Crippen LogP contribution in [0.15, 0.2) is 30.3 Å². The summed E-state index contributed by atoms with van der Waals surface area (Å²) >= 11 is 0. The van der Waals surface area contributed by atoms with Gasteiger partial charge in [0, 0.05) is 12.0 Å². The summed E-state index contributed by atoms with van der Waals surface area (Å²) in [5.74, 6) is 0.888. The Bertz CT molecular complexity index is 572. The van der Waals surface area contributed by atoms with Crippen molar-refractivity contribution in [3.8, 4) is 11.1 Å². The second-order valence-corrected chi connectivity index (χ2v) is 4.20. The largest absolute Gasteiger partial charge is 0.310 e. The Morgan fingerprint density at radius 2 is 2.06 bits per heavy atom. The van der Waals surface area contributed by atoms with E-state index in [2.05, 4.69) is 10.4 Å². The zero-order valence-electron chi connectivity index (χ0n) is 9.60. The van der Waals surface area contributed by atoms with Gasteiger partial charge in [-0.15, -0.1) is 0 Å². The molecule has 0 fully saturated rings. The maximum absolute atomic E-state index is 11.5. The molecule has 1 N–H and O–H groups in total. The summed E-state index contributed by atoms with van der Waals surface area (Å²) in [5, 5.41) is 7.37. The lowest BCUT2D eigenvalue weighted by Crippen LogP contribution is -2.23. The topological polar surface area (TPSA) is 46.9 Å². The Morgan fingerprint density at radius 1 is 1.29 bits per heavy atom. The Kier molecular flexibility index (Phi) is 2.21. The van der Waals surface area contributed by atoms with Crippen LogP contribution in [0.3, 0.4) is 0 Å². The van der Waals surface area contributed by atoms with E-state index < -0.39 is 0 Å². The van der Waals surface area contributed by atoms with Crippen LogP contribution in [-0.4, -0.2) is 15.7 Å². The van der Waals surface area contributed by atoms with Gasteiger partial charge in [-0.3, -0.25) is 4.79 Å². The van der Waals surface area contributed by atoms with Gasteiger partial charge in [-0.2, -0.15) is 5.10 Å². The van der Waals surface area contributed by atoms with E-state index >= 15 is 0 Å². The molecule has 0 saturated carbocycles. The predicted molar refractivity (Wildman–Crippen MR) is 65.6 cm³/mol. The lowest BCUT2D eigenvalue weighted by Gasteiger charge is -2.15. The monoisotopic (exact) mass is 227 g/mol. The molecule has 2 aromatic rings. The first kappa shape index (κ1) is 10.1. The summed E-state index contributed by atoms with van der Waals surface area (Å²) in [5.41, 5.74) is 3.07. The number of hydrogen-bond acceptors (Lipinski definition) is 2. The number of amides is 1. The first-order chi connectivity index (χ1) is 8.25. The number of rotatable bonds is 1. The second-order valence-electron chi connectivity index (χ2n) is 4.20. The molecule has 0 unspecified atom stereocenters. The third kappa shape index (κ3) is 1.62. The van der Waals surface area contributed by atoms with Gasteiger partial charge < -0.3 is 5.32 Å². The van der Waals surface area contributed by atoms with E-state index in [0.717, 1.165) is 22.6 Å². The van der Waals surface area contributed by atoms with Crippen molar-refractivity contribution in [2.45, 2.75) is 19.9 Å². The molecule has 17 heavy (non-hydrogen) atoms. The summed E-state index contributed by atoms with van der Waals surface area (Å²) < 4.78 is 1.87. The van der Waals surface area contributed by atoms with Crippen LogP contribution in [0, 0.1) is 6.92 Å². The summed E-state index contributed by atoms with van der Waals surface area (Å²) in [6.45, 7) is 2.63. The Morgan fingerprint density at radius 3 is 2.82 bits per heavy atom. The van der Waals surface area contributed by atoms with Crippen LogP contribution in [0.4, 0.5) is 5.82 Å². The molecule has 1 aliphatic heterocycles. The van der Waals surface area contributed by atoms with Crippen LogP contribution < -0.4 is 5.32 Å². The zero-order chi connectivity index (χ0) is 11.8. The van der Waals surface area contributed by atoms with Gasteiger partial charge >= 0.3 is 0 Å². The van der Waals surface area contributed by atoms with E-state index in [4.69, 9.17) is 0 Å². The standard InChI is InChI=1S/C13H13N3O/c1-9-12(10-5-3-2-4-6-10)13-14-11(17)7-8-16(13)15-9/h2-6H,7-8H2,1H3,(H,14,17). The number of benzene rings is 1. The molecule has 0 spiro atoms. The van der Waals surface area contributed by atoms with Crippen molar-refractivity contribution in [2.75, 3.05) is 5.32 Å². The van der Waals surface area contributed by atoms with Crippen molar-refractivity contribution in [2.24, 2.45) is 0 Å². The highest BCUT2D eigenvalue weighted by Gasteiger charge is 2.22. The molecule has 0 atom stereocenters. The Labute approximate surface area is 99.3 Å². The molecule has 4 heteroatoms. The van der Waals surface area contributed by atoms with Gasteiger partial charge in [0.25, 0.3) is 0 Å². The van der Waals surface area contributed by atoms with Crippen LogP contribution >= 0.6 is 0 Å². The van der Waals surface area contributed by atoms with Gasteiger partial charge in [0.1, 0.15) is 5.82 Å². The van der Waals surface area contributed by atoms with E-state index in [1.807, 2.05) is 41.9 Å². The highest BCUT2D eigenvalue weighted by Crippen LogP contribution is 2.32. The van der Waals surface area contributed by atoms with E-state index in [1.165, 1.54) is 0 Å². The van der Waals surface area contributed by atoms with Crippen molar-refractivity contribution in [3.63, 3.8) is 0 Å². The fraction of sp³-hybridized carbons (Fsp3) is 0.231. The van der Waals surface area contributed by atoms with Crippen molar-refractivity contribution in [1.29, 1.82) is 0 Å². The number of anilines is 1. The zero-order valence-corrected chi connectivity index (χ0v) is 9.60. The van der Waals surface area contributed by atoms with E-state index in [0.29, 0.717) is 13.0 Å². The smallest absolute Gasteiger partial charge is 0.227 e. The minimum absolute atomic E-state index is 0.0644. The third-order valence-electron chi connectivity index (χ3n) is 3.00. The fourth-order valence-electron chi connectivity index (χ4n) is 2.22. The Hall–Kier alpha value is -2.10. The van der Waals surface area contributed by atoms with Crippen molar-refractivity contribution in [3.05, 3.63) is 36.0 Å². The maximum Gasteiger partial charge on any atom is 0.227 e.